The lowest BCUT2D eigenvalue weighted by Crippen LogP contribution is -2.02. The van der Waals surface area contributed by atoms with Gasteiger partial charge >= 0.3 is 0 Å². The maximum atomic E-state index is 6.16. The van der Waals surface area contributed by atoms with Crippen molar-refractivity contribution in [2.24, 2.45) is 0 Å². The highest BCUT2D eigenvalue weighted by Gasteiger charge is 2.08. The normalized spacial score (nSPS) is 11.1. The lowest BCUT2D eigenvalue weighted by atomic mass is 10.2. The molecule has 0 bridgehead atoms. The summed E-state index contributed by atoms with van der Waals surface area (Å²) in [6, 6.07) is 13.6. The summed E-state index contributed by atoms with van der Waals surface area (Å²) < 4.78 is 10.4. The molecule has 0 N–H and O–H groups in total. The van der Waals surface area contributed by atoms with Crippen LogP contribution in [0.25, 0.3) is 0 Å². The van der Waals surface area contributed by atoms with Crippen molar-refractivity contribution in [2.75, 3.05) is 14.2 Å². The van der Waals surface area contributed by atoms with E-state index < -0.39 is 0 Å². The minimum absolute atomic E-state index is 0.327. The predicted octanol–water partition coefficient (Wildman–Crippen LogP) is 5.58. The van der Waals surface area contributed by atoms with Crippen LogP contribution in [0.4, 0.5) is 0 Å². The Labute approximate surface area is 139 Å². The van der Waals surface area contributed by atoms with Crippen molar-refractivity contribution < 1.29 is 9.47 Å². The topological polar surface area (TPSA) is 18.5 Å². The Morgan fingerprint density at radius 2 is 1.67 bits per heavy atom. The van der Waals surface area contributed by atoms with Gasteiger partial charge in [0.1, 0.15) is 0 Å². The molecule has 0 aromatic heterocycles. The van der Waals surface area contributed by atoms with Crippen LogP contribution in [-0.2, 0) is 15.2 Å². The molecule has 0 fully saturated rings. The molecule has 0 aliphatic rings. The summed E-state index contributed by atoms with van der Waals surface area (Å²) in [6.07, 6.45) is -0.327. The second kappa shape index (κ2) is 8.06. The fourth-order valence-electron chi connectivity index (χ4n) is 1.90. The van der Waals surface area contributed by atoms with Crippen molar-refractivity contribution in [3.8, 4) is 0 Å². The first-order valence-corrected chi connectivity index (χ1v) is 8.10. The van der Waals surface area contributed by atoms with E-state index in [1.54, 1.807) is 32.0 Å². The second-order valence-electron chi connectivity index (χ2n) is 4.40. The first kappa shape index (κ1) is 16.7. The van der Waals surface area contributed by atoms with Crippen molar-refractivity contribution in [1.82, 2.24) is 0 Å². The smallest absolute Gasteiger partial charge is 0.183 e. The molecule has 0 saturated carbocycles. The number of rotatable bonds is 6. The van der Waals surface area contributed by atoms with Gasteiger partial charge in [0, 0.05) is 40.5 Å². The quantitative estimate of drug-likeness (QED) is 0.504. The highest BCUT2D eigenvalue weighted by atomic mass is 35.5. The van der Waals surface area contributed by atoms with Gasteiger partial charge in [-0.25, -0.2) is 0 Å². The van der Waals surface area contributed by atoms with Crippen LogP contribution < -0.4 is 0 Å². The van der Waals surface area contributed by atoms with E-state index in [0.29, 0.717) is 5.02 Å². The van der Waals surface area contributed by atoms with Crippen molar-refractivity contribution in [3.63, 3.8) is 0 Å². The molecule has 5 heteroatoms. The molecule has 0 radical (unpaired) electrons. The summed E-state index contributed by atoms with van der Waals surface area (Å²) in [4.78, 5) is 1.15. The summed E-state index contributed by atoms with van der Waals surface area (Å²) >= 11 is 13.9. The van der Waals surface area contributed by atoms with Gasteiger partial charge in [-0.1, -0.05) is 35.3 Å². The van der Waals surface area contributed by atoms with Gasteiger partial charge in [0.05, 0.1) is 0 Å². The lowest BCUT2D eigenvalue weighted by Gasteiger charge is -2.13. The molecule has 112 valence electrons. The molecule has 21 heavy (non-hydrogen) atoms. The predicted molar refractivity (Wildman–Crippen MR) is 89.2 cm³/mol. The Morgan fingerprint density at radius 1 is 1.00 bits per heavy atom. The van der Waals surface area contributed by atoms with E-state index in [0.717, 1.165) is 26.8 Å². The van der Waals surface area contributed by atoms with Gasteiger partial charge < -0.3 is 9.47 Å². The highest BCUT2D eigenvalue weighted by molar-refractivity contribution is 7.98. The average Bonchev–Trinajstić information content (AvgIpc) is 2.51. The Balaban J connectivity index is 2.02. The van der Waals surface area contributed by atoms with Crippen LogP contribution in [0.2, 0.25) is 10.0 Å². The molecule has 0 heterocycles. The Morgan fingerprint density at radius 3 is 2.29 bits per heavy atom. The van der Waals surface area contributed by atoms with Gasteiger partial charge in [0.2, 0.25) is 0 Å². The molecule has 2 nitrogen and oxygen atoms in total. The second-order valence-corrected chi connectivity index (χ2v) is 6.29. The van der Waals surface area contributed by atoms with E-state index in [-0.39, 0.29) is 6.29 Å². The SMILES string of the molecule is COC(OC)c1ccc(SCc2cc(Cl)ccc2Cl)cc1. The number of halogens is 2. The number of thioether (sulfide) groups is 1. The molecule has 0 amide bonds. The maximum absolute atomic E-state index is 6.16. The Bertz CT molecular complexity index is 583. The van der Waals surface area contributed by atoms with Crippen molar-refractivity contribution in [3.05, 3.63) is 63.6 Å². The molecule has 0 atom stereocenters. The maximum Gasteiger partial charge on any atom is 0.183 e. The molecule has 0 unspecified atom stereocenters. The number of ether oxygens (including phenoxy) is 2. The molecule has 2 aromatic carbocycles. The molecule has 0 spiro atoms. The third-order valence-electron chi connectivity index (χ3n) is 2.98. The van der Waals surface area contributed by atoms with Gasteiger partial charge in [-0.2, -0.15) is 0 Å². The zero-order valence-electron chi connectivity index (χ0n) is 11.8. The van der Waals surface area contributed by atoms with Crippen molar-refractivity contribution >= 4 is 35.0 Å². The molecule has 0 saturated heterocycles. The molecular weight excluding hydrogens is 327 g/mol. The average molecular weight is 343 g/mol. The fraction of sp³-hybridized carbons (Fsp3) is 0.250. The number of methoxy groups -OCH3 is 2. The van der Waals surface area contributed by atoms with Crippen LogP contribution in [0.3, 0.4) is 0 Å². The van der Waals surface area contributed by atoms with Crippen molar-refractivity contribution in [1.29, 1.82) is 0 Å². The Hall–Kier alpha value is -0.710. The zero-order valence-corrected chi connectivity index (χ0v) is 14.1. The van der Waals surface area contributed by atoms with Crippen LogP contribution in [-0.4, -0.2) is 14.2 Å². The molecule has 2 aromatic rings. The first-order valence-electron chi connectivity index (χ1n) is 6.36. The van der Waals surface area contributed by atoms with E-state index >= 15 is 0 Å². The van der Waals surface area contributed by atoms with Crippen LogP contribution in [0.1, 0.15) is 17.4 Å². The highest BCUT2D eigenvalue weighted by Crippen LogP contribution is 2.29. The van der Waals surface area contributed by atoms with E-state index in [2.05, 4.69) is 0 Å². The number of benzene rings is 2. The van der Waals surface area contributed by atoms with Gasteiger partial charge in [-0.05, 0) is 35.9 Å². The summed E-state index contributed by atoms with van der Waals surface area (Å²) in [6.45, 7) is 0. The number of hydrogen-bond acceptors (Lipinski definition) is 3. The van der Waals surface area contributed by atoms with Crippen molar-refractivity contribution in [2.45, 2.75) is 16.9 Å². The van der Waals surface area contributed by atoms with Gasteiger partial charge in [-0.15, -0.1) is 11.8 Å². The largest absolute Gasteiger partial charge is 0.352 e. The van der Waals surface area contributed by atoms with E-state index in [1.165, 1.54) is 0 Å². The summed E-state index contributed by atoms with van der Waals surface area (Å²) in [5.41, 5.74) is 2.02. The van der Waals surface area contributed by atoms with E-state index in [1.807, 2.05) is 36.4 Å². The minimum atomic E-state index is -0.327. The van der Waals surface area contributed by atoms with Crippen LogP contribution in [0.15, 0.2) is 47.4 Å². The summed E-state index contributed by atoms with van der Waals surface area (Å²) in [5, 5.41) is 1.44. The number of hydrogen-bond donors (Lipinski definition) is 0. The standard InChI is InChI=1S/C16H16Cl2O2S/c1-19-16(20-2)11-3-6-14(7-4-11)21-10-12-9-13(17)5-8-15(12)18/h3-9,16H,10H2,1-2H3. The first-order chi connectivity index (χ1) is 10.1. The monoisotopic (exact) mass is 342 g/mol. The van der Waals surface area contributed by atoms with E-state index in [4.69, 9.17) is 32.7 Å². The minimum Gasteiger partial charge on any atom is -0.352 e. The van der Waals surface area contributed by atoms with Crippen LogP contribution >= 0.6 is 35.0 Å². The molecule has 0 aliphatic carbocycles. The third kappa shape index (κ3) is 4.63. The summed E-state index contributed by atoms with van der Waals surface area (Å²) in [7, 11) is 3.25. The van der Waals surface area contributed by atoms with Crippen LogP contribution in [0.5, 0.6) is 0 Å². The molecule has 0 aliphatic heterocycles. The zero-order chi connectivity index (χ0) is 15.2. The molecule has 2 rings (SSSR count). The summed E-state index contributed by atoms with van der Waals surface area (Å²) in [5.74, 6) is 0.775. The van der Waals surface area contributed by atoms with Gasteiger partial charge in [0.15, 0.2) is 6.29 Å². The van der Waals surface area contributed by atoms with Gasteiger partial charge in [-0.3, -0.25) is 0 Å². The lowest BCUT2D eigenvalue weighted by molar-refractivity contribution is -0.106. The molecular formula is C16H16Cl2O2S. The van der Waals surface area contributed by atoms with Crippen LogP contribution in [0, 0.1) is 0 Å². The third-order valence-corrected chi connectivity index (χ3v) is 4.65. The van der Waals surface area contributed by atoms with Gasteiger partial charge in [0.25, 0.3) is 0 Å². The fourth-order valence-corrected chi connectivity index (χ4v) is 3.25. The van der Waals surface area contributed by atoms with E-state index in [9.17, 15) is 0 Å². The Kier molecular flexibility index (Phi) is 6.40.